The van der Waals surface area contributed by atoms with Crippen LogP contribution < -0.4 is 0 Å². The van der Waals surface area contributed by atoms with Crippen molar-refractivity contribution in [1.82, 2.24) is 0 Å². The summed E-state index contributed by atoms with van der Waals surface area (Å²) >= 11 is 0. The summed E-state index contributed by atoms with van der Waals surface area (Å²) in [6.45, 7) is 5.83. The second-order valence-electron chi connectivity index (χ2n) is 4.22. The van der Waals surface area contributed by atoms with E-state index in [9.17, 15) is 4.79 Å². The lowest BCUT2D eigenvalue weighted by Gasteiger charge is -2.14. The maximum Gasteiger partial charge on any atom is 0.302 e. The van der Waals surface area contributed by atoms with E-state index in [-0.39, 0.29) is 12.1 Å². The van der Waals surface area contributed by atoms with Gasteiger partial charge < -0.3 is 4.74 Å². The van der Waals surface area contributed by atoms with Crippen LogP contribution in [-0.4, -0.2) is 12.1 Å². The molecule has 0 aromatic rings. The number of ether oxygens (including phenoxy) is 1. The maximum absolute atomic E-state index is 10.9. The molecule has 0 aliphatic heterocycles. The van der Waals surface area contributed by atoms with E-state index < -0.39 is 0 Å². The first-order valence-electron chi connectivity index (χ1n) is 6.52. The molecule has 0 fully saturated rings. The SMILES string of the molecule is CCCC=CCC(CCCCC)OC(C)=O. The Morgan fingerprint density at radius 3 is 2.50 bits per heavy atom. The predicted molar refractivity (Wildman–Crippen MR) is 68.4 cm³/mol. The molecule has 94 valence electrons. The van der Waals surface area contributed by atoms with Crippen LogP contribution in [0.3, 0.4) is 0 Å². The second-order valence-corrected chi connectivity index (χ2v) is 4.22. The van der Waals surface area contributed by atoms with Gasteiger partial charge in [-0.15, -0.1) is 0 Å². The van der Waals surface area contributed by atoms with E-state index in [4.69, 9.17) is 4.74 Å². The molecular weight excluding hydrogens is 200 g/mol. The summed E-state index contributed by atoms with van der Waals surface area (Å²) in [6, 6.07) is 0. The number of hydrogen-bond acceptors (Lipinski definition) is 2. The minimum atomic E-state index is -0.162. The van der Waals surface area contributed by atoms with E-state index in [0.717, 1.165) is 25.7 Å². The van der Waals surface area contributed by atoms with Crippen molar-refractivity contribution in [2.45, 2.75) is 71.8 Å². The number of rotatable bonds is 9. The summed E-state index contributed by atoms with van der Waals surface area (Å²) in [6.07, 6.45) is 12.1. The third-order valence-corrected chi connectivity index (χ3v) is 2.48. The summed E-state index contributed by atoms with van der Waals surface area (Å²) in [4.78, 5) is 10.9. The molecule has 0 aromatic heterocycles. The molecule has 0 heterocycles. The van der Waals surface area contributed by atoms with Gasteiger partial charge in [0.05, 0.1) is 0 Å². The van der Waals surface area contributed by atoms with Gasteiger partial charge in [0.2, 0.25) is 0 Å². The van der Waals surface area contributed by atoms with Gasteiger partial charge in [0.1, 0.15) is 6.10 Å². The third kappa shape index (κ3) is 9.75. The van der Waals surface area contributed by atoms with Crippen LogP contribution in [0.2, 0.25) is 0 Å². The van der Waals surface area contributed by atoms with Crippen molar-refractivity contribution in [3.63, 3.8) is 0 Å². The van der Waals surface area contributed by atoms with Gasteiger partial charge in [-0.2, -0.15) is 0 Å². The van der Waals surface area contributed by atoms with Crippen LogP contribution in [-0.2, 0) is 9.53 Å². The monoisotopic (exact) mass is 226 g/mol. The topological polar surface area (TPSA) is 26.3 Å². The molecule has 1 atom stereocenters. The number of hydrogen-bond donors (Lipinski definition) is 0. The number of carbonyl (C=O) groups is 1. The van der Waals surface area contributed by atoms with E-state index in [2.05, 4.69) is 26.0 Å². The highest BCUT2D eigenvalue weighted by atomic mass is 16.5. The molecule has 0 saturated carbocycles. The van der Waals surface area contributed by atoms with Crippen molar-refractivity contribution in [1.29, 1.82) is 0 Å². The van der Waals surface area contributed by atoms with Gasteiger partial charge in [-0.05, 0) is 19.3 Å². The number of esters is 1. The Labute approximate surface area is 100 Å². The number of unbranched alkanes of at least 4 members (excludes halogenated alkanes) is 3. The van der Waals surface area contributed by atoms with Gasteiger partial charge >= 0.3 is 5.97 Å². The second kappa shape index (κ2) is 10.7. The smallest absolute Gasteiger partial charge is 0.302 e. The average molecular weight is 226 g/mol. The lowest BCUT2D eigenvalue weighted by atomic mass is 10.1. The Kier molecular flexibility index (Phi) is 10.2. The van der Waals surface area contributed by atoms with Crippen LogP contribution in [0, 0.1) is 0 Å². The molecule has 0 aliphatic rings. The lowest BCUT2D eigenvalue weighted by Crippen LogP contribution is -2.15. The van der Waals surface area contributed by atoms with Crippen molar-refractivity contribution in [2.24, 2.45) is 0 Å². The molecule has 0 bridgehead atoms. The Morgan fingerprint density at radius 1 is 1.19 bits per heavy atom. The molecule has 2 nitrogen and oxygen atoms in total. The minimum Gasteiger partial charge on any atom is -0.462 e. The average Bonchev–Trinajstić information content (AvgIpc) is 2.23. The van der Waals surface area contributed by atoms with Crippen molar-refractivity contribution < 1.29 is 9.53 Å². The molecule has 0 saturated heterocycles. The van der Waals surface area contributed by atoms with E-state index in [1.807, 2.05) is 0 Å². The van der Waals surface area contributed by atoms with E-state index in [1.165, 1.54) is 26.2 Å². The molecule has 0 aliphatic carbocycles. The zero-order chi connectivity index (χ0) is 12.2. The van der Waals surface area contributed by atoms with E-state index in [0.29, 0.717) is 0 Å². The van der Waals surface area contributed by atoms with Crippen LogP contribution in [0.4, 0.5) is 0 Å². The Bertz CT molecular complexity index is 197. The van der Waals surface area contributed by atoms with Crippen molar-refractivity contribution in [3.05, 3.63) is 12.2 Å². The largest absolute Gasteiger partial charge is 0.462 e. The van der Waals surface area contributed by atoms with Crippen molar-refractivity contribution in [2.75, 3.05) is 0 Å². The normalized spacial score (nSPS) is 12.9. The molecule has 16 heavy (non-hydrogen) atoms. The summed E-state index contributed by atoms with van der Waals surface area (Å²) in [7, 11) is 0. The summed E-state index contributed by atoms with van der Waals surface area (Å²) < 4.78 is 5.29. The fraction of sp³-hybridized carbons (Fsp3) is 0.786. The third-order valence-electron chi connectivity index (χ3n) is 2.48. The van der Waals surface area contributed by atoms with Crippen LogP contribution in [0.15, 0.2) is 12.2 Å². The highest BCUT2D eigenvalue weighted by Crippen LogP contribution is 2.11. The highest BCUT2D eigenvalue weighted by Gasteiger charge is 2.09. The standard InChI is InChI=1S/C14H26O2/c1-4-6-8-10-12-14(16-13(3)15)11-9-7-5-2/h8,10,14H,4-7,9,11-12H2,1-3H3. The molecule has 2 heteroatoms. The van der Waals surface area contributed by atoms with Crippen molar-refractivity contribution in [3.8, 4) is 0 Å². The first kappa shape index (κ1) is 15.2. The molecule has 0 rings (SSSR count). The van der Waals surface area contributed by atoms with Crippen LogP contribution >= 0.6 is 0 Å². The van der Waals surface area contributed by atoms with Gasteiger partial charge in [0, 0.05) is 13.3 Å². The fourth-order valence-corrected chi connectivity index (χ4v) is 1.61. The van der Waals surface area contributed by atoms with Gasteiger partial charge in [-0.3, -0.25) is 4.79 Å². The summed E-state index contributed by atoms with van der Waals surface area (Å²) in [5.74, 6) is -0.162. The first-order chi connectivity index (χ1) is 7.70. The summed E-state index contributed by atoms with van der Waals surface area (Å²) in [5.41, 5.74) is 0. The molecule has 0 radical (unpaired) electrons. The molecule has 1 unspecified atom stereocenters. The lowest BCUT2D eigenvalue weighted by molar-refractivity contribution is -0.146. The van der Waals surface area contributed by atoms with E-state index in [1.54, 1.807) is 0 Å². The molecule has 0 spiro atoms. The predicted octanol–water partition coefficient (Wildman–Crippen LogP) is 4.24. The van der Waals surface area contributed by atoms with Crippen LogP contribution in [0.25, 0.3) is 0 Å². The molecular formula is C14H26O2. The number of allylic oxidation sites excluding steroid dienone is 1. The zero-order valence-corrected chi connectivity index (χ0v) is 11.0. The van der Waals surface area contributed by atoms with Gasteiger partial charge in [0.25, 0.3) is 0 Å². The molecule has 0 amide bonds. The van der Waals surface area contributed by atoms with Crippen LogP contribution in [0.5, 0.6) is 0 Å². The zero-order valence-electron chi connectivity index (χ0n) is 11.0. The van der Waals surface area contributed by atoms with Crippen molar-refractivity contribution >= 4 is 5.97 Å². The maximum atomic E-state index is 10.9. The highest BCUT2D eigenvalue weighted by molar-refractivity contribution is 5.66. The van der Waals surface area contributed by atoms with E-state index >= 15 is 0 Å². The Balaban J connectivity index is 3.84. The Morgan fingerprint density at radius 2 is 1.94 bits per heavy atom. The minimum absolute atomic E-state index is 0.0807. The fourth-order valence-electron chi connectivity index (χ4n) is 1.61. The first-order valence-corrected chi connectivity index (χ1v) is 6.52. The number of carbonyl (C=O) groups excluding carboxylic acids is 1. The molecule has 0 aromatic carbocycles. The van der Waals surface area contributed by atoms with Crippen LogP contribution in [0.1, 0.15) is 65.7 Å². The Hall–Kier alpha value is -0.790. The van der Waals surface area contributed by atoms with Gasteiger partial charge in [-0.1, -0.05) is 45.3 Å². The quantitative estimate of drug-likeness (QED) is 0.334. The van der Waals surface area contributed by atoms with Gasteiger partial charge in [0.15, 0.2) is 0 Å². The summed E-state index contributed by atoms with van der Waals surface area (Å²) in [5, 5.41) is 0. The molecule has 0 N–H and O–H groups in total. The van der Waals surface area contributed by atoms with Gasteiger partial charge in [-0.25, -0.2) is 0 Å².